The van der Waals surface area contributed by atoms with Crippen LogP contribution < -0.4 is 10.1 Å². The van der Waals surface area contributed by atoms with Gasteiger partial charge in [-0.3, -0.25) is 14.9 Å². The molecule has 1 aromatic carbocycles. The lowest BCUT2D eigenvalue weighted by Gasteiger charge is -2.23. The third kappa shape index (κ3) is 5.69. The van der Waals surface area contributed by atoms with E-state index in [0.29, 0.717) is 17.5 Å². The van der Waals surface area contributed by atoms with Crippen molar-refractivity contribution in [2.24, 2.45) is 5.92 Å². The minimum absolute atomic E-state index is 0.0410. The zero-order valence-electron chi connectivity index (χ0n) is 16.1. The second kappa shape index (κ2) is 9.25. The van der Waals surface area contributed by atoms with Crippen LogP contribution in [0.2, 0.25) is 0 Å². The minimum Gasteiger partial charge on any atom is -0.435 e. The maximum atomic E-state index is 12.7. The van der Waals surface area contributed by atoms with E-state index < -0.39 is 12.7 Å². The Kier molecular flexibility index (Phi) is 6.73. The van der Waals surface area contributed by atoms with Crippen molar-refractivity contribution in [3.8, 4) is 5.75 Å². The van der Waals surface area contributed by atoms with Crippen LogP contribution in [0, 0.1) is 5.92 Å². The van der Waals surface area contributed by atoms with E-state index in [1.165, 1.54) is 28.4 Å². The van der Waals surface area contributed by atoms with Crippen LogP contribution in [-0.2, 0) is 22.6 Å². The first-order valence-electron chi connectivity index (χ1n) is 9.28. The van der Waals surface area contributed by atoms with Gasteiger partial charge in [0, 0.05) is 19.4 Å². The Morgan fingerprint density at radius 1 is 1.31 bits per heavy atom. The number of nitrogens with one attached hydrogen (secondary N) is 1. The molecule has 1 aromatic heterocycles. The summed E-state index contributed by atoms with van der Waals surface area (Å²) in [6.45, 7) is 1.47. The van der Waals surface area contributed by atoms with Gasteiger partial charge >= 0.3 is 6.61 Å². The first-order valence-corrected chi connectivity index (χ1v) is 10.1. The quantitative estimate of drug-likeness (QED) is 0.702. The second-order valence-corrected chi connectivity index (χ2v) is 8.25. The van der Waals surface area contributed by atoms with Gasteiger partial charge in [-0.1, -0.05) is 37.3 Å². The first kappa shape index (κ1) is 21.1. The van der Waals surface area contributed by atoms with Crippen LogP contribution in [0.5, 0.6) is 5.75 Å². The number of benzene rings is 1. The van der Waals surface area contributed by atoms with Gasteiger partial charge in [-0.2, -0.15) is 8.78 Å². The first-order chi connectivity index (χ1) is 13.8. The maximum Gasteiger partial charge on any atom is 0.387 e. The molecule has 0 radical (unpaired) electrons. The molecule has 1 aliphatic heterocycles. The highest BCUT2D eigenvalue weighted by atomic mass is 32.1. The number of likely N-dealkylation sites (tertiary alicyclic amines) is 1. The van der Waals surface area contributed by atoms with Crippen LogP contribution in [0.1, 0.15) is 37.3 Å². The zero-order chi connectivity index (χ0) is 21.0. The molecule has 1 fully saturated rings. The SMILES string of the molecule is CC(C)Cc1nnc(NC(=O)C2CCC(=O)N2Cc2ccc(OC(F)F)cc2)s1. The van der Waals surface area contributed by atoms with Crippen LogP contribution in [0.15, 0.2) is 24.3 Å². The van der Waals surface area contributed by atoms with Gasteiger partial charge in [-0.25, -0.2) is 0 Å². The van der Waals surface area contributed by atoms with Crippen molar-refractivity contribution in [1.82, 2.24) is 15.1 Å². The molecule has 3 rings (SSSR count). The number of nitrogens with zero attached hydrogens (tertiary/aromatic N) is 3. The number of carbonyl (C=O) groups excluding carboxylic acids is 2. The van der Waals surface area contributed by atoms with Gasteiger partial charge in [0.15, 0.2) is 0 Å². The number of carbonyl (C=O) groups is 2. The number of anilines is 1. The Balaban J connectivity index is 1.63. The number of hydrogen-bond acceptors (Lipinski definition) is 6. The van der Waals surface area contributed by atoms with Crippen molar-refractivity contribution in [3.05, 3.63) is 34.8 Å². The molecule has 10 heteroatoms. The van der Waals surface area contributed by atoms with Crippen molar-refractivity contribution in [2.45, 2.75) is 52.3 Å². The van der Waals surface area contributed by atoms with Gasteiger partial charge in [0.1, 0.15) is 16.8 Å². The van der Waals surface area contributed by atoms with E-state index >= 15 is 0 Å². The van der Waals surface area contributed by atoms with Gasteiger partial charge in [-0.15, -0.1) is 10.2 Å². The van der Waals surface area contributed by atoms with Gasteiger partial charge in [-0.05, 0) is 30.0 Å². The average molecular weight is 424 g/mol. The summed E-state index contributed by atoms with van der Waals surface area (Å²) in [6.07, 6.45) is 1.47. The molecule has 156 valence electrons. The zero-order valence-corrected chi connectivity index (χ0v) is 16.9. The number of amides is 2. The molecule has 0 saturated carbocycles. The lowest BCUT2D eigenvalue weighted by atomic mass is 10.1. The number of alkyl halides is 2. The summed E-state index contributed by atoms with van der Waals surface area (Å²) in [6, 6.07) is 5.41. The predicted molar refractivity (Wildman–Crippen MR) is 104 cm³/mol. The fourth-order valence-electron chi connectivity index (χ4n) is 3.10. The fourth-order valence-corrected chi connectivity index (χ4v) is 4.06. The van der Waals surface area contributed by atoms with Crippen LogP contribution in [0.4, 0.5) is 13.9 Å². The largest absolute Gasteiger partial charge is 0.435 e. The fraction of sp³-hybridized carbons (Fsp3) is 0.474. The monoisotopic (exact) mass is 424 g/mol. The van der Waals surface area contributed by atoms with Crippen molar-refractivity contribution < 1.29 is 23.1 Å². The standard InChI is InChI=1S/C19H22F2N4O3S/c1-11(2)9-15-23-24-19(29-15)22-17(27)14-7-8-16(26)25(14)10-12-3-5-13(6-4-12)28-18(20)21/h3-6,11,14,18H,7-10H2,1-2H3,(H,22,24,27). The van der Waals surface area contributed by atoms with Crippen molar-refractivity contribution >= 4 is 28.3 Å². The Hall–Kier alpha value is -2.62. The van der Waals surface area contributed by atoms with E-state index in [1.54, 1.807) is 12.1 Å². The highest BCUT2D eigenvalue weighted by molar-refractivity contribution is 7.15. The maximum absolute atomic E-state index is 12.7. The molecule has 7 nitrogen and oxygen atoms in total. The molecule has 2 amide bonds. The lowest BCUT2D eigenvalue weighted by molar-refractivity contribution is -0.133. The smallest absolute Gasteiger partial charge is 0.387 e. The molecule has 1 unspecified atom stereocenters. The van der Waals surface area contributed by atoms with E-state index in [-0.39, 0.29) is 30.5 Å². The van der Waals surface area contributed by atoms with Crippen molar-refractivity contribution in [2.75, 3.05) is 5.32 Å². The average Bonchev–Trinajstić information content (AvgIpc) is 3.22. The van der Waals surface area contributed by atoms with E-state index in [1.807, 2.05) is 0 Å². The number of rotatable bonds is 8. The van der Waals surface area contributed by atoms with Crippen molar-refractivity contribution in [1.29, 1.82) is 0 Å². The molecule has 29 heavy (non-hydrogen) atoms. The highest BCUT2D eigenvalue weighted by Gasteiger charge is 2.36. The number of halogens is 2. The molecule has 2 aromatic rings. The predicted octanol–water partition coefficient (Wildman–Crippen LogP) is 3.47. The van der Waals surface area contributed by atoms with Crippen LogP contribution in [-0.4, -0.2) is 39.6 Å². The van der Waals surface area contributed by atoms with Crippen molar-refractivity contribution in [3.63, 3.8) is 0 Å². The van der Waals surface area contributed by atoms with E-state index in [0.717, 1.165) is 17.0 Å². The Bertz CT molecular complexity index is 857. The number of ether oxygens (including phenoxy) is 1. The molecule has 1 atom stereocenters. The number of aromatic nitrogens is 2. The normalized spacial score (nSPS) is 16.7. The molecule has 1 N–H and O–H groups in total. The van der Waals surface area contributed by atoms with Gasteiger partial charge in [0.2, 0.25) is 16.9 Å². The van der Waals surface area contributed by atoms with Crippen LogP contribution in [0.25, 0.3) is 0 Å². The Labute approximate surface area is 171 Å². The third-order valence-corrected chi connectivity index (χ3v) is 5.27. The van der Waals surface area contributed by atoms with Crippen LogP contribution in [0.3, 0.4) is 0 Å². The van der Waals surface area contributed by atoms with Gasteiger partial charge in [0.25, 0.3) is 0 Å². The summed E-state index contributed by atoms with van der Waals surface area (Å²) in [5.41, 5.74) is 0.717. The van der Waals surface area contributed by atoms with E-state index in [9.17, 15) is 18.4 Å². The second-order valence-electron chi connectivity index (χ2n) is 7.19. The van der Waals surface area contributed by atoms with E-state index in [2.05, 4.69) is 34.1 Å². The summed E-state index contributed by atoms with van der Waals surface area (Å²) in [7, 11) is 0. The Morgan fingerprint density at radius 2 is 2.03 bits per heavy atom. The van der Waals surface area contributed by atoms with E-state index in [4.69, 9.17) is 0 Å². The summed E-state index contributed by atoms with van der Waals surface area (Å²) >= 11 is 1.33. The molecular formula is C19H22F2N4O3S. The summed E-state index contributed by atoms with van der Waals surface area (Å²) in [5.74, 6) is 0.0442. The summed E-state index contributed by atoms with van der Waals surface area (Å²) in [5, 5.41) is 12.1. The molecule has 2 heterocycles. The lowest BCUT2D eigenvalue weighted by Crippen LogP contribution is -2.41. The molecular weight excluding hydrogens is 402 g/mol. The molecule has 0 spiro atoms. The molecule has 1 aliphatic rings. The van der Waals surface area contributed by atoms with Gasteiger partial charge in [0.05, 0.1) is 0 Å². The van der Waals surface area contributed by atoms with Gasteiger partial charge < -0.3 is 9.64 Å². The summed E-state index contributed by atoms with van der Waals surface area (Å²) < 4.78 is 28.8. The molecule has 1 saturated heterocycles. The number of hydrogen-bond donors (Lipinski definition) is 1. The molecule has 0 bridgehead atoms. The molecule has 0 aliphatic carbocycles. The van der Waals surface area contributed by atoms with Crippen LogP contribution >= 0.6 is 11.3 Å². The minimum atomic E-state index is -2.89. The summed E-state index contributed by atoms with van der Waals surface area (Å²) in [4.78, 5) is 26.5. The highest BCUT2D eigenvalue weighted by Crippen LogP contribution is 2.25. The third-order valence-electron chi connectivity index (χ3n) is 4.41. The Morgan fingerprint density at radius 3 is 2.69 bits per heavy atom. The topological polar surface area (TPSA) is 84.4 Å².